The number of aromatic amines is 1. The first-order valence-electron chi connectivity index (χ1n) is 11.6. The Balaban J connectivity index is 1.26. The Morgan fingerprint density at radius 3 is 3.06 bits per heavy atom. The summed E-state index contributed by atoms with van der Waals surface area (Å²) in [5.41, 5.74) is 6.58. The summed E-state index contributed by atoms with van der Waals surface area (Å²) in [4.78, 5) is 17.1. The van der Waals surface area contributed by atoms with Gasteiger partial charge in [0.25, 0.3) is 5.91 Å². The van der Waals surface area contributed by atoms with Crippen LogP contribution in [-0.2, 0) is 24.8 Å². The van der Waals surface area contributed by atoms with Gasteiger partial charge in [0.2, 0.25) is 0 Å². The summed E-state index contributed by atoms with van der Waals surface area (Å²) in [7, 11) is 0. The number of hydrogen-bond donors (Lipinski definition) is 3. The molecule has 2 aromatic heterocycles. The van der Waals surface area contributed by atoms with Gasteiger partial charge in [0.1, 0.15) is 5.75 Å². The van der Waals surface area contributed by atoms with Crippen LogP contribution in [0.5, 0.6) is 5.75 Å². The maximum Gasteiger partial charge on any atom is 0.272 e. The average molecular weight is 429 g/mol. The van der Waals surface area contributed by atoms with E-state index in [4.69, 9.17) is 0 Å². The largest absolute Gasteiger partial charge is 0.508 e. The number of H-pyrrole nitrogens is 1. The number of amides is 1. The molecule has 3 aromatic rings. The molecule has 6 rings (SSSR count). The number of carbonyl (C=O) groups is 1. The number of aromatic hydroxyl groups is 1. The maximum absolute atomic E-state index is 13.0. The van der Waals surface area contributed by atoms with Crippen molar-refractivity contribution in [3.8, 4) is 5.75 Å². The molecule has 1 amide bonds. The van der Waals surface area contributed by atoms with Gasteiger partial charge in [0.15, 0.2) is 5.69 Å². The van der Waals surface area contributed by atoms with Gasteiger partial charge in [-0.25, -0.2) is 0 Å². The second-order valence-corrected chi connectivity index (χ2v) is 9.93. The summed E-state index contributed by atoms with van der Waals surface area (Å²) in [6.07, 6.45) is 8.79. The molecule has 0 aliphatic heterocycles. The van der Waals surface area contributed by atoms with Crippen LogP contribution in [0.3, 0.4) is 0 Å². The predicted octanol–water partition coefficient (Wildman–Crippen LogP) is 4.01. The summed E-state index contributed by atoms with van der Waals surface area (Å²) in [5.74, 6) is 1.90. The molecule has 0 unspecified atom stereocenters. The van der Waals surface area contributed by atoms with Gasteiger partial charge in [-0.05, 0) is 84.7 Å². The van der Waals surface area contributed by atoms with Crippen LogP contribution in [0.15, 0.2) is 42.7 Å². The van der Waals surface area contributed by atoms with Crippen molar-refractivity contribution in [2.75, 3.05) is 0 Å². The quantitative estimate of drug-likeness (QED) is 0.588. The van der Waals surface area contributed by atoms with Crippen LogP contribution in [-0.4, -0.2) is 26.2 Å². The van der Waals surface area contributed by atoms with Crippen LogP contribution in [0.2, 0.25) is 0 Å². The fraction of sp³-hybridized carbons (Fsp3) is 0.423. The molecule has 164 valence electrons. The third kappa shape index (κ3) is 2.89. The maximum atomic E-state index is 13.0. The number of fused-ring (bicyclic) bond motifs is 7. The van der Waals surface area contributed by atoms with Crippen molar-refractivity contribution in [2.24, 2.45) is 11.8 Å². The molecule has 6 nitrogen and oxygen atoms in total. The van der Waals surface area contributed by atoms with Crippen LogP contribution in [0.4, 0.5) is 0 Å². The van der Waals surface area contributed by atoms with Crippen LogP contribution in [0.25, 0.3) is 0 Å². The Morgan fingerprint density at radius 2 is 2.22 bits per heavy atom. The fourth-order valence-corrected chi connectivity index (χ4v) is 6.79. The number of nitrogens with zero attached hydrogens (tertiary/aromatic N) is 2. The summed E-state index contributed by atoms with van der Waals surface area (Å²) in [6.45, 7) is 2.81. The smallest absolute Gasteiger partial charge is 0.272 e. The molecule has 1 saturated carbocycles. The molecule has 32 heavy (non-hydrogen) atoms. The molecule has 1 aromatic carbocycles. The minimum absolute atomic E-state index is 0.0415. The Kier molecular flexibility index (Phi) is 4.39. The Hall–Kier alpha value is -3.15. The van der Waals surface area contributed by atoms with Gasteiger partial charge >= 0.3 is 0 Å². The van der Waals surface area contributed by atoms with Crippen molar-refractivity contribution < 1.29 is 9.90 Å². The van der Waals surface area contributed by atoms with Crippen LogP contribution >= 0.6 is 0 Å². The minimum atomic E-state index is -0.116. The van der Waals surface area contributed by atoms with E-state index in [1.807, 2.05) is 24.3 Å². The number of aryl methyl sites for hydroxylation is 1. The number of pyridine rings is 1. The van der Waals surface area contributed by atoms with Crippen molar-refractivity contribution in [3.63, 3.8) is 0 Å². The van der Waals surface area contributed by atoms with E-state index in [9.17, 15) is 9.90 Å². The first-order chi connectivity index (χ1) is 15.5. The molecule has 1 fully saturated rings. The van der Waals surface area contributed by atoms with Gasteiger partial charge in [-0.1, -0.05) is 19.1 Å². The van der Waals surface area contributed by atoms with Gasteiger partial charge in [-0.2, -0.15) is 5.10 Å². The van der Waals surface area contributed by atoms with E-state index in [1.54, 1.807) is 12.4 Å². The van der Waals surface area contributed by atoms with E-state index in [2.05, 4.69) is 33.5 Å². The van der Waals surface area contributed by atoms with Crippen LogP contribution in [0, 0.1) is 11.8 Å². The van der Waals surface area contributed by atoms with Gasteiger partial charge in [0, 0.05) is 35.6 Å². The van der Waals surface area contributed by atoms with Crippen molar-refractivity contribution in [1.29, 1.82) is 0 Å². The topological polar surface area (TPSA) is 90.9 Å². The molecule has 2 heterocycles. The van der Waals surface area contributed by atoms with E-state index in [1.165, 1.54) is 16.8 Å². The fourth-order valence-electron chi connectivity index (χ4n) is 6.79. The Bertz CT molecular complexity index is 1190. The Labute approximate surface area is 187 Å². The number of carbonyl (C=O) groups excluding carboxylic acids is 1. The SMILES string of the molecule is C[C@]12CC[C@@H]3c4ccc(O)cc4CC[C@H]3[C@@H]1Cc1c(C(=O)NCc3cccnc3)n[nH]c12. The zero-order valence-electron chi connectivity index (χ0n) is 18.3. The molecule has 0 spiro atoms. The van der Waals surface area contributed by atoms with E-state index in [0.717, 1.165) is 43.2 Å². The van der Waals surface area contributed by atoms with Gasteiger partial charge in [-0.15, -0.1) is 0 Å². The predicted molar refractivity (Wildman–Crippen MR) is 120 cm³/mol. The number of rotatable bonds is 3. The zero-order valence-corrected chi connectivity index (χ0v) is 18.3. The lowest BCUT2D eigenvalue weighted by molar-refractivity contribution is 0.0937. The number of benzene rings is 1. The van der Waals surface area contributed by atoms with E-state index >= 15 is 0 Å². The number of aromatic nitrogens is 3. The number of phenolic OH excluding ortho intramolecular Hbond substituents is 1. The third-order valence-corrected chi connectivity index (χ3v) is 8.35. The molecule has 0 saturated heterocycles. The van der Waals surface area contributed by atoms with E-state index in [0.29, 0.717) is 35.7 Å². The van der Waals surface area contributed by atoms with Gasteiger partial charge < -0.3 is 10.4 Å². The standard InChI is InChI=1S/C26H28N4O2/c1-26-9-8-19-18-7-5-17(31)11-16(18)4-6-20(19)22(26)12-21-23(29-30-24(21)26)25(32)28-14-15-3-2-10-27-13-15/h2-3,5,7,10-11,13,19-20,22,31H,4,6,8-9,12,14H2,1H3,(H,28,32)(H,29,30)/t19-,20-,22+,26+/m1/s1. The summed E-state index contributed by atoms with van der Waals surface area (Å²) >= 11 is 0. The highest BCUT2D eigenvalue weighted by Gasteiger charge is 2.54. The second kappa shape index (κ2) is 7.19. The zero-order chi connectivity index (χ0) is 21.9. The molecule has 0 bridgehead atoms. The lowest BCUT2D eigenvalue weighted by atomic mass is 9.55. The summed E-state index contributed by atoms with van der Waals surface area (Å²) in [5, 5.41) is 20.7. The second-order valence-electron chi connectivity index (χ2n) is 9.93. The highest BCUT2D eigenvalue weighted by molar-refractivity contribution is 5.94. The monoisotopic (exact) mass is 428 g/mol. The molecule has 6 heteroatoms. The minimum Gasteiger partial charge on any atom is -0.508 e. The van der Waals surface area contributed by atoms with Crippen LogP contribution < -0.4 is 5.32 Å². The van der Waals surface area contributed by atoms with Crippen molar-refractivity contribution in [1.82, 2.24) is 20.5 Å². The normalized spacial score (nSPS) is 27.7. The van der Waals surface area contributed by atoms with E-state index in [-0.39, 0.29) is 11.3 Å². The van der Waals surface area contributed by atoms with E-state index < -0.39 is 0 Å². The average Bonchev–Trinajstić information content (AvgIpc) is 3.36. The van der Waals surface area contributed by atoms with Gasteiger partial charge in [0.05, 0.1) is 0 Å². The third-order valence-electron chi connectivity index (χ3n) is 8.35. The number of phenols is 1. The van der Waals surface area contributed by atoms with Crippen molar-refractivity contribution in [2.45, 2.75) is 56.9 Å². The lowest BCUT2D eigenvalue weighted by Crippen LogP contribution is -2.43. The van der Waals surface area contributed by atoms with Crippen LogP contribution in [0.1, 0.15) is 70.5 Å². The molecule has 3 aliphatic rings. The highest BCUT2D eigenvalue weighted by Crippen LogP contribution is 2.60. The summed E-state index contributed by atoms with van der Waals surface area (Å²) in [6, 6.07) is 9.75. The molecular formula is C26H28N4O2. The van der Waals surface area contributed by atoms with Crippen molar-refractivity contribution in [3.05, 3.63) is 76.4 Å². The molecule has 3 aliphatic carbocycles. The van der Waals surface area contributed by atoms with Gasteiger partial charge in [-0.3, -0.25) is 14.9 Å². The molecular weight excluding hydrogens is 400 g/mol. The first-order valence-corrected chi connectivity index (χ1v) is 11.6. The number of nitrogens with one attached hydrogen (secondary N) is 2. The molecule has 3 N–H and O–H groups in total. The Morgan fingerprint density at radius 1 is 1.31 bits per heavy atom. The summed E-state index contributed by atoms with van der Waals surface area (Å²) < 4.78 is 0. The van der Waals surface area contributed by atoms with Crippen molar-refractivity contribution >= 4 is 5.91 Å². The molecule has 4 atom stereocenters. The first kappa shape index (κ1) is 19.5. The highest BCUT2D eigenvalue weighted by atomic mass is 16.3. The lowest BCUT2D eigenvalue weighted by Gasteiger charge is -2.49. The molecule has 0 radical (unpaired) electrons. The number of hydrogen-bond acceptors (Lipinski definition) is 4.